The molecule has 0 bridgehead atoms. The van der Waals surface area contributed by atoms with Crippen LogP contribution >= 0.6 is 0 Å². The molecule has 0 spiro atoms. The van der Waals surface area contributed by atoms with Gasteiger partial charge in [-0.25, -0.2) is 9.18 Å². The van der Waals surface area contributed by atoms with E-state index in [0.717, 1.165) is 11.1 Å². The summed E-state index contributed by atoms with van der Waals surface area (Å²) in [7, 11) is 0. The number of hydrogen-bond donors (Lipinski definition) is 2. The van der Waals surface area contributed by atoms with Crippen LogP contribution in [-0.2, 0) is 21.5 Å². The molecule has 1 amide bonds. The molecule has 1 fully saturated rings. The van der Waals surface area contributed by atoms with Crippen LogP contribution < -0.4 is 5.32 Å². The molecule has 0 saturated carbocycles. The molecule has 136 valence electrons. The second kappa shape index (κ2) is 7.66. The average molecular weight is 357 g/mol. The maximum Gasteiger partial charge on any atom is 0.335 e. The van der Waals surface area contributed by atoms with Gasteiger partial charge in [-0.3, -0.25) is 4.79 Å². The van der Waals surface area contributed by atoms with Crippen LogP contribution in [0.5, 0.6) is 0 Å². The van der Waals surface area contributed by atoms with Crippen LogP contribution in [0.15, 0.2) is 48.5 Å². The van der Waals surface area contributed by atoms with E-state index in [4.69, 9.17) is 9.84 Å². The Hall–Kier alpha value is -2.73. The SMILES string of the molecule is O=C(O)c1ccc(CNC(=O)C2(c3ccc(F)cc3)CCOCC2)cc1. The van der Waals surface area contributed by atoms with Gasteiger partial charge in [0.15, 0.2) is 0 Å². The first-order valence-electron chi connectivity index (χ1n) is 8.46. The lowest BCUT2D eigenvalue weighted by Crippen LogP contribution is -2.47. The third kappa shape index (κ3) is 3.75. The standard InChI is InChI=1S/C20H20FNO4/c21-17-7-5-16(6-8-17)20(9-11-26-12-10-20)19(25)22-13-14-1-3-15(4-2-14)18(23)24/h1-8H,9-13H2,(H,22,25)(H,23,24). The fourth-order valence-electron chi connectivity index (χ4n) is 3.25. The summed E-state index contributed by atoms with van der Waals surface area (Å²) in [5, 5.41) is 11.9. The highest BCUT2D eigenvalue weighted by Crippen LogP contribution is 2.35. The molecule has 1 heterocycles. The van der Waals surface area contributed by atoms with Gasteiger partial charge in [0.05, 0.1) is 11.0 Å². The zero-order valence-corrected chi connectivity index (χ0v) is 14.2. The highest BCUT2D eigenvalue weighted by atomic mass is 19.1. The summed E-state index contributed by atoms with van der Waals surface area (Å²) in [6.45, 7) is 1.23. The van der Waals surface area contributed by atoms with Crippen molar-refractivity contribution in [1.29, 1.82) is 0 Å². The van der Waals surface area contributed by atoms with Crippen LogP contribution in [0.4, 0.5) is 4.39 Å². The summed E-state index contributed by atoms with van der Waals surface area (Å²) in [5.74, 6) is -1.46. The molecule has 2 aromatic carbocycles. The van der Waals surface area contributed by atoms with Crippen molar-refractivity contribution in [2.75, 3.05) is 13.2 Å². The molecule has 1 saturated heterocycles. The molecule has 5 nitrogen and oxygen atoms in total. The number of nitrogens with one attached hydrogen (secondary N) is 1. The third-order valence-electron chi connectivity index (χ3n) is 4.83. The number of benzene rings is 2. The van der Waals surface area contributed by atoms with Crippen molar-refractivity contribution in [1.82, 2.24) is 5.32 Å². The molecule has 3 rings (SSSR count). The van der Waals surface area contributed by atoms with Crippen molar-refractivity contribution in [2.45, 2.75) is 24.8 Å². The van der Waals surface area contributed by atoms with Gasteiger partial charge in [-0.2, -0.15) is 0 Å². The van der Waals surface area contributed by atoms with E-state index in [2.05, 4.69) is 5.32 Å². The van der Waals surface area contributed by atoms with Crippen molar-refractivity contribution in [2.24, 2.45) is 0 Å². The Morgan fingerprint density at radius 2 is 1.65 bits per heavy atom. The highest BCUT2D eigenvalue weighted by Gasteiger charge is 2.41. The molecule has 1 aliphatic heterocycles. The van der Waals surface area contributed by atoms with Crippen molar-refractivity contribution in [3.8, 4) is 0 Å². The lowest BCUT2D eigenvalue weighted by Gasteiger charge is -2.36. The van der Waals surface area contributed by atoms with Gasteiger partial charge < -0.3 is 15.2 Å². The normalized spacial score (nSPS) is 16.0. The fourth-order valence-corrected chi connectivity index (χ4v) is 3.25. The first kappa shape index (κ1) is 18.1. The van der Waals surface area contributed by atoms with Crippen LogP contribution in [-0.4, -0.2) is 30.2 Å². The first-order chi connectivity index (χ1) is 12.5. The average Bonchev–Trinajstić information content (AvgIpc) is 2.67. The molecular weight excluding hydrogens is 337 g/mol. The molecule has 0 aliphatic carbocycles. The Labute approximate surface area is 150 Å². The molecule has 26 heavy (non-hydrogen) atoms. The quantitative estimate of drug-likeness (QED) is 0.863. The summed E-state index contributed by atoms with van der Waals surface area (Å²) in [5.41, 5.74) is 1.05. The Morgan fingerprint density at radius 3 is 2.23 bits per heavy atom. The predicted octanol–water partition coefficient (Wildman–Crippen LogP) is 2.89. The minimum atomic E-state index is -0.988. The lowest BCUT2D eigenvalue weighted by atomic mass is 9.73. The molecule has 0 radical (unpaired) electrons. The number of carboxylic acid groups (broad SMARTS) is 1. The Kier molecular flexibility index (Phi) is 5.32. The Balaban J connectivity index is 1.75. The van der Waals surface area contributed by atoms with E-state index in [1.54, 1.807) is 24.3 Å². The number of halogens is 1. The summed E-state index contributed by atoms with van der Waals surface area (Å²) in [6.07, 6.45) is 1.06. The molecule has 1 aliphatic rings. The minimum Gasteiger partial charge on any atom is -0.478 e. The van der Waals surface area contributed by atoms with Crippen LogP contribution in [0.2, 0.25) is 0 Å². The van der Waals surface area contributed by atoms with E-state index in [0.29, 0.717) is 32.6 Å². The maximum absolute atomic E-state index is 13.3. The van der Waals surface area contributed by atoms with E-state index in [1.165, 1.54) is 24.3 Å². The largest absolute Gasteiger partial charge is 0.478 e. The molecule has 0 aromatic heterocycles. The minimum absolute atomic E-state index is 0.130. The number of hydrogen-bond acceptors (Lipinski definition) is 3. The summed E-state index contributed by atoms with van der Waals surface area (Å²) in [6, 6.07) is 12.4. The van der Waals surface area contributed by atoms with E-state index < -0.39 is 11.4 Å². The number of carbonyl (C=O) groups excluding carboxylic acids is 1. The molecule has 6 heteroatoms. The van der Waals surface area contributed by atoms with Gasteiger partial charge in [0.1, 0.15) is 5.82 Å². The Bertz CT molecular complexity index is 780. The first-order valence-corrected chi connectivity index (χ1v) is 8.46. The summed E-state index contributed by atoms with van der Waals surface area (Å²) in [4.78, 5) is 23.9. The molecule has 0 atom stereocenters. The number of carbonyl (C=O) groups is 2. The molecule has 2 N–H and O–H groups in total. The van der Waals surface area contributed by atoms with Gasteiger partial charge in [-0.05, 0) is 48.2 Å². The zero-order chi connectivity index (χ0) is 18.6. The topological polar surface area (TPSA) is 75.6 Å². The molecular formula is C20H20FNO4. The zero-order valence-electron chi connectivity index (χ0n) is 14.2. The molecule has 2 aromatic rings. The smallest absolute Gasteiger partial charge is 0.335 e. The van der Waals surface area contributed by atoms with Crippen LogP contribution in [0.1, 0.15) is 34.3 Å². The summed E-state index contributed by atoms with van der Waals surface area (Å²) >= 11 is 0. The van der Waals surface area contributed by atoms with E-state index in [1.807, 2.05) is 0 Å². The van der Waals surface area contributed by atoms with Gasteiger partial charge in [-0.1, -0.05) is 24.3 Å². The maximum atomic E-state index is 13.3. The highest BCUT2D eigenvalue weighted by molar-refractivity contribution is 5.89. The predicted molar refractivity (Wildman–Crippen MR) is 93.4 cm³/mol. The summed E-state index contributed by atoms with van der Waals surface area (Å²) < 4.78 is 18.7. The van der Waals surface area contributed by atoms with Crippen molar-refractivity contribution < 1.29 is 23.8 Å². The van der Waals surface area contributed by atoms with Gasteiger partial charge >= 0.3 is 5.97 Å². The number of ether oxygens (including phenoxy) is 1. The fraction of sp³-hybridized carbons (Fsp3) is 0.300. The number of amides is 1. The molecule has 0 unspecified atom stereocenters. The van der Waals surface area contributed by atoms with E-state index in [-0.39, 0.29) is 17.3 Å². The second-order valence-electron chi connectivity index (χ2n) is 6.39. The van der Waals surface area contributed by atoms with Crippen LogP contribution in [0, 0.1) is 5.82 Å². The van der Waals surface area contributed by atoms with Crippen LogP contribution in [0.3, 0.4) is 0 Å². The van der Waals surface area contributed by atoms with Gasteiger partial charge in [0, 0.05) is 19.8 Å². The number of rotatable bonds is 5. The van der Waals surface area contributed by atoms with Gasteiger partial charge in [0.2, 0.25) is 5.91 Å². The Morgan fingerprint density at radius 1 is 1.04 bits per heavy atom. The monoisotopic (exact) mass is 357 g/mol. The van der Waals surface area contributed by atoms with Gasteiger partial charge in [-0.15, -0.1) is 0 Å². The van der Waals surface area contributed by atoms with Crippen LogP contribution in [0.25, 0.3) is 0 Å². The van der Waals surface area contributed by atoms with Gasteiger partial charge in [0.25, 0.3) is 0 Å². The van der Waals surface area contributed by atoms with E-state index >= 15 is 0 Å². The van der Waals surface area contributed by atoms with Crippen molar-refractivity contribution in [3.63, 3.8) is 0 Å². The van der Waals surface area contributed by atoms with E-state index in [9.17, 15) is 14.0 Å². The third-order valence-corrected chi connectivity index (χ3v) is 4.83. The number of carboxylic acids is 1. The lowest BCUT2D eigenvalue weighted by molar-refractivity contribution is -0.130. The second-order valence-corrected chi connectivity index (χ2v) is 6.39. The number of aromatic carboxylic acids is 1. The van der Waals surface area contributed by atoms with Crippen molar-refractivity contribution in [3.05, 3.63) is 71.0 Å². The van der Waals surface area contributed by atoms with Crippen molar-refractivity contribution >= 4 is 11.9 Å².